The third kappa shape index (κ3) is 15.3. The molecule has 0 saturated heterocycles. The van der Waals surface area contributed by atoms with Crippen molar-refractivity contribution >= 4 is 5.84 Å². The Bertz CT molecular complexity index is 394. The van der Waals surface area contributed by atoms with E-state index in [-0.39, 0.29) is 6.23 Å². The zero-order valence-electron chi connectivity index (χ0n) is 20.7. The maximum absolute atomic E-state index is 9.73. The molecule has 3 heteroatoms. The van der Waals surface area contributed by atoms with Crippen LogP contribution in [0.4, 0.5) is 0 Å². The van der Waals surface area contributed by atoms with Crippen LogP contribution in [0.2, 0.25) is 0 Å². The van der Waals surface area contributed by atoms with E-state index in [9.17, 15) is 5.11 Å². The van der Waals surface area contributed by atoms with E-state index < -0.39 is 0 Å². The Morgan fingerprint density at radius 2 is 1.03 bits per heavy atom. The molecule has 1 unspecified atom stereocenters. The minimum absolute atomic E-state index is 0.378. The van der Waals surface area contributed by atoms with Crippen LogP contribution in [0.25, 0.3) is 0 Å². The molecule has 0 aromatic carbocycles. The lowest BCUT2D eigenvalue weighted by atomic mass is 10.0. The van der Waals surface area contributed by atoms with Crippen LogP contribution >= 0.6 is 0 Å². The molecule has 1 heterocycles. The fourth-order valence-corrected chi connectivity index (χ4v) is 4.67. The molecule has 30 heavy (non-hydrogen) atoms. The van der Waals surface area contributed by atoms with Gasteiger partial charge in [0.1, 0.15) is 12.1 Å². The summed E-state index contributed by atoms with van der Waals surface area (Å²) in [5.41, 5.74) is 0. The van der Waals surface area contributed by atoms with Gasteiger partial charge in [0.15, 0.2) is 0 Å². The first-order valence-electron chi connectivity index (χ1n) is 13.7. The number of rotatable bonds is 22. The highest BCUT2D eigenvalue weighted by Gasteiger charge is 2.19. The number of hydrogen-bond donors (Lipinski definition) is 1. The standard InChI is InChI=1S/C27H54N2O/c1-3-4-5-6-7-8-9-10-11-12-13-14-15-16-17-18-19-20-21-22-23-27-28-24-25-29(27)26(2)30/h26,30H,3-25H2,1-2H3. The van der Waals surface area contributed by atoms with Gasteiger partial charge in [-0.2, -0.15) is 0 Å². The molecule has 0 spiro atoms. The Labute approximate surface area is 189 Å². The van der Waals surface area contributed by atoms with Crippen molar-refractivity contribution in [1.82, 2.24) is 4.90 Å². The van der Waals surface area contributed by atoms with Crippen molar-refractivity contribution < 1.29 is 5.11 Å². The molecule has 178 valence electrons. The Morgan fingerprint density at radius 1 is 0.667 bits per heavy atom. The minimum Gasteiger partial charge on any atom is -0.374 e. The van der Waals surface area contributed by atoms with Gasteiger partial charge in [-0.25, -0.2) is 0 Å². The Balaban J connectivity index is 1.71. The number of aliphatic imine (C=N–C) groups is 1. The van der Waals surface area contributed by atoms with Gasteiger partial charge in [0, 0.05) is 13.0 Å². The lowest BCUT2D eigenvalue weighted by Gasteiger charge is -2.23. The average molecular weight is 423 g/mol. The van der Waals surface area contributed by atoms with Crippen molar-refractivity contribution in [2.45, 2.75) is 155 Å². The molecule has 0 aliphatic carbocycles. The first kappa shape index (κ1) is 27.5. The quantitative estimate of drug-likeness (QED) is 0.178. The number of aliphatic hydroxyl groups excluding tert-OH is 1. The van der Waals surface area contributed by atoms with E-state index in [4.69, 9.17) is 0 Å². The van der Waals surface area contributed by atoms with E-state index in [0.717, 1.165) is 25.3 Å². The van der Waals surface area contributed by atoms with Gasteiger partial charge in [0.05, 0.1) is 6.54 Å². The minimum atomic E-state index is -0.378. The second kappa shape index (κ2) is 20.3. The number of unbranched alkanes of at least 4 members (excludes halogenated alkanes) is 19. The number of aliphatic hydroxyl groups is 1. The van der Waals surface area contributed by atoms with Gasteiger partial charge in [-0.05, 0) is 13.3 Å². The van der Waals surface area contributed by atoms with Crippen LogP contribution in [0.1, 0.15) is 149 Å². The Kier molecular flexibility index (Phi) is 18.6. The molecule has 1 rings (SSSR count). The van der Waals surface area contributed by atoms with Gasteiger partial charge >= 0.3 is 0 Å². The molecule has 0 fully saturated rings. The molecule has 1 aliphatic rings. The normalized spacial score (nSPS) is 15.0. The second-order valence-corrected chi connectivity index (χ2v) is 9.59. The molecule has 1 atom stereocenters. The van der Waals surface area contributed by atoms with E-state index in [0.29, 0.717) is 0 Å². The molecular weight excluding hydrogens is 368 g/mol. The van der Waals surface area contributed by atoms with E-state index in [1.807, 2.05) is 6.92 Å². The van der Waals surface area contributed by atoms with E-state index in [1.54, 1.807) is 0 Å². The molecular formula is C27H54N2O. The maximum Gasteiger partial charge on any atom is 0.125 e. The monoisotopic (exact) mass is 422 g/mol. The molecule has 0 amide bonds. The van der Waals surface area contributed by atoms with Crippen LogP contribution in [-0.2, 0) is 0 Å². The summed E-state index contributed by atoms with van der Waals surface area (Å²) in [7, 11) is 0. The first-order valence-corrected chi connectivity index (χ1v) is 13.7. The summed E-state index contributed by atoms with van der Waals surface area (Å²) in [6, 6.07) is 0. The lowest BCUT2D eigenvalue weighted by molar-refractivity contribution is 0.0766. The average Bonchev–Trinajstić information content (AvgIpc) is 3.21. The summed E-state index contributed by atoms with van der Waals surface area (Å²) in [4.78, 5) is 6.59. The van der Waals surface area contributed by atoms with Crippen LogP contribution in [0.5, 0.6) is 0 Å². The fourth-order valence-electron chi connectivity index (χ4n) is 4.67. The molecule has 3 nitrogen and oxygen atoms in total. The van der Waals surface area contributed by atoms with Crippen molar-refractivity contribution in [3.05, 3.63) is 0 Å². The largest absolute Gasteiger partial charge is 0.374 e. The summed E-state index contributed by atoms with van der Waals surface area (Å²) in [5, 5.41) is 9.73. The third-order valence-corrected chi connectivity index (χ3v) is 6.67. The molecule has 1 N–H and O–H groups in total. The maximum atomic E-state index is 9.73. The molecule has 0 radical (unpaired) electrons. The van der Waals surface area contributed by atoms with Crippen LogP contribution < -0.4 is 0 Å². The van der Waals surface area contributed by atoms with Gasteiger partial charge in [-0.1, -0.05) is 129 Å². The summed E-state index contributed by atoms with van der Waals surface area (Å²) in [5.74, 6) is 1.13. The number of amidine groups is 1. The van der Waals surface area contributed by atoms with Crippen LogP contribution in [0.15, 0.2) is 4.99 Å². The van der Waals surface area contributed by atoms with Gasteiger partial charge in [0.2, 0.25) is 0 Å². The SMILES string of the molecule is CCCCCCCCCCCCCCCCCCCCCCC1=NCCN1C(C)O. The van der Waals surface area contributed by atoms with Crippen LogP contribution in [0, 0.1) is 0 Å². The Hall–Kier alpha value is -0.570. The highest BCUT2D eigenvalue weighted by Crippen LogP contribution is 2.16. The lowest BCUT2D eigenvalue weighted by Crippen LogP contribution is -2.35. The smallest absolute Gasteiger partial charge is 0.125 e. The van der Waals surface area contributed by atoms with E-state index in [2.05, 4.69) is 16.8 Å². The van der Waals surface area contributed by atoms with Crippen LogP contribution in [0.3, 0.4) is 0 Å². The van der Waals surface area contributed by atoms with Gasteiger partial charge < -0.3 is 10.0 Å². The summed E-state index contributed by atoms with van der Waals surface area (Å²) < 4.78 is 0. The van der Waals surface area contributed by atoms with E-state index in [1.165, 1.54) is 128 Å². The molecule has 0 aromatic heterocycles. The van der Waals surface area contributed by atoms with Gasteiger partial charge in [-0.3, -0.25) is 4.99 Å². The molecule has 0 saturated carbocycles. The van der Waals surface area contributed by atoms with Gasteiger partial charge in [0.25, 0.3) is 0 Å². The summed E-state index contributed by atoms with van der Waals surface area (Å²) >= 11 is 0. The number of hydrogen-bond acceptors (Lipinski definition) is 3. The zero-order valence-corrected chi connectivity index (χ0v) is 20.7. The van der Waals surface area contributed by atoms with E-state index >= 15 is 0 Å². The second-order valence-electron chi connectivity index (χ2n) is 9.59. The molecule has 0 bridgehead atoms. The summed E-state index contributed by atoms with van der Waals surface area (Å²) in [6.45, 7) is 5.90. The first-order chi connectivity index (χ1) is 14.8. The fraction of sp³-hybridized carbons (Fsp3) is 0.963. The predicted molar refractivity (Wildman–Crippen MR) is 133 cm³/mol. The van der Waals surface area contributed by atoms with Crippen molar-refractivity contribution in [2.75, 3.05) is 13.1 Å². The molecule has 1 aliphatic heterocycles. The van der Waals surface area contributed by atoms with Crippen molar-refractivity contribution in [2.24, 2.45) is 4.99 Å². The third-order valence-electron chi connectivity index (χ3n) is 6.67. The van der Waals surface area contributed by atoms with Crippen molar-refractivity contribution in [3.8, 4) is 0 Å². The molecule has 0 aromatic rings. The summed E-state index contributed by atoms with van der Waals surface area (Å²) in [6.07, 6.45) is 29.1. The Morgan fingerprint density at radius 3 is 1.40 bits per heavy atom. The highest BCUT2D eigenvalue weighted by molar-refractivity contribution is 5.83. The zero-order chi connectivity index (χ0) is 21.7. The predicted octanol–water partition coefficient (Wildman–Crippen LogP) is 8.25. The van der Waals surface area contributed by atoms with Crippen molar-refractivity contribution in [1.29, 1.82) is 0 Å². The topological polar surface area (TPSA) is 35.8 Å². The van der Waals surface area contributed by atoms with Gasteiger partial charge in [-0.15, -0.1) is 0 Å². The van der Waals surface area contributed by atoms with Crippen LogP contribution in [-0.4, -0.2) is 35.2 Å². The van der Waals surface area contributed by atoms with Crippen molar-refractivity contribution in [3.63, 3.8) is 0 Å². The number of nitrogens with zero attached hydrogens (tertiary/aromatic N) is 2. The highest BCUT2D eigenvalue weighted by atomic mass is 16.3.